The number of piperazine rings is 6. The first kappa shape index (κ1) is 65.5. The summed E-state index contributed by atoms with van der Waals surface area (Å²) in [5.41, 5.74) is 1.59. The van der Waals surface area contributed by atoms with Crippen LogP contribution >= 0.6 is 24.8 Å². The smallest absolute Gasteiger partial charge is 0.324 e. The maximum absolute atomic E-state index is 13.1. The van der Waals surface area contributed by atoms with E-state index in [2.05, 4.69) is 21.3 Å². The zero-order chi connectivity index (χ0) is 28.8. The number of aryl methyl sites for hydroxylation is 1. The number of aromatic nitrogens is 2. The maximum Gasteiger partial charge on any atom is 0.324 e. The van der Waals surface area contributed by atoms with Crippen molar-refractivity contribution >= 4 is 30.5 Å². The zero-order valence-electron chi connectivity index (χ0n) is 31.0. The first-order valence-electron chi connectivity index (χ1n) is 16.6. The van der Waals surface area contributed by atoms with E-state index < -0.39 is 0 Å². The number of rotatable bonds is 3. The zero-order valence-corrected chi connectivity index (χ0v) is 35.6. The molecule has 54 heavy (non-hydrogen) atoms. The van der Waals surface area contributed by atoms with E-state index in [1.807, 2.05) is 6.92 Å². The van der Waals surface area contributed by atoms with Crippen molar-refractivity contribution in [2.75, 3.05) is 144 Å². The molecule has 25 heteroatoms. The second kappa shape index (κ2) is 26.6. The van der Waals surface area contributed by atoms with E-state index in [-0.39, 0.29) is 130 Å². The van der Waals surface area contributed by atoms with Gasteiger partial charge in [-0.2, -0.15) is 0 Å². The van der Waals surface area contributed by atoms with Crippen LogP contribution in [0.5, 0.6) is 0 Å². The quantitative estimate of drug-likeness (QED) is 0.128. The van der Waals surface area contributed by atoms with Crippen molar-refractivity contribution in [1.29, 1.82) is 0 Å². The van der Waals surface area contributed by atoms with Crippen LogP contribution in [0.2, 0.25) is 0 Å². The number of nitrogens with zero attached hydrogens (tertiary/aromatic N) is 7. The molecule has 1 aromatic rings. The fourth-order valence-corrected chi connectivity index (χ4v) is 9.55. The minimum atomic E-state index is -0.122. The highest BCUT2D eigenvalue weighted by Crippen LogP contribution is 2.43. The topological polar surface area (TPSA) is 306 Å². The van der Waals surface area contributed by atoms with Crippen molar-refractivity contribution in [2.45, 2.75) is 19.0 Å². The third-order valence-corrected chi connectivity index (χ3v) is 12.5. The standard InChI is InChI=1S/C29H53N11O2.6ClH.6H2O/c1-24-34-27(25-22-32-6-12-39(25)18-14-37(15-19-39)8-2-30-3-9-37)29(36(41)42)28(35-24)26-23-33-7-13-40(26)20-16-38(17-21-40)10-4-31-5-11-38;;;;;;;;;;;;/h25-26,30-33H,2-23H2,1H3;6*1H;6*1H2/q+4;;;;;;;;;;;;/p-4. The van der Waals surface area contributed by atoms with Crippen LogP contribution < -0.4 is 70.9 Å². The first-order valence-corrected chi connectivity index (χ1v) is 16.6. The Labute approximate surface area is 355 Å². The normalized spacial score (nSPS) is 24.8. The fraction of sp³-hybridized carbons (Fsp3) is 0.862. The van der Waals surface area contributed by atoms with Gasteiger partial charge in [0.1, 0.15) is 58.2 Å². The summed E-state index contributed by atoms with van der Waals surface area (Å²) in [4.78, 5) is 22.9. The summed E-state index contributed by atoms with van der Waals surface area (Å²) in [6.07, 6.45) is 0. The number of quaternary nitrogens is 4. The van der Waals surface area contributed by atoms with E-state index >= 15 is 0 Å². The molecule has 1 aromatic heterocycles. The first-order chi connectivity index (χ1) is 20.4. The van der Waals surface area contributed by atoms with Gasteiger partial charge in [-0.3, -0.25) is 10.1 Å². The van der Waals surface area contributed by atoms with E-state index in [9.17, 15) is 10.1 Å². The molecule has 6 aliphatic heterocycles. The van der Waals surface area contributed by atoms with Gasteiger partial charge >= 0.3 is 5.69 Å². The number of nitrogens with one attached hydrogen (secondary N) is 4. The molecule has 0 aromatic carbocycles. The van der Waals surface area contributed by atoms with Gasteiger partial charge in [0.15, 0.2) is 23.5 Å². The third-order valence-electron chi connectivity index (χ3n) is 12.5. The van der Waals surface area contributed by atoms with Crippen LogP contribution in [-0.4, -0.2) is 210 Å². The van der Waals surface area contributed by atoms with Crippen LogP contribution in [0.15, 0.2) is 0 Å². The summed E-state index contributed by atoms with van der Waals surface area (Å²) in [7, 11) is 0. The van der Waals surface area contributed by atoms with Crippen molar-refractivity contribution in [3.05, 3.63) is 27.3 Å². The molecule has 0 bridgehead atoms. The molecule has 328 valence electrons. The molecule has 7 rings (SSSR count). The van der Waals surface area contributed by atoms with Gasteiger partial charge in [-0.15, -0.1) is 24.8 Å². The van der Waals surface area contributed by atoms with E-state index in [1.54, 1.807) is 0 Å². The van der Waals surface area contributed by atoms with E-state index in [1.165, 1.54) is 35.1 Å². The van der Waals surface area contributed by atoms with Gasteiger partial charge in [-0.25, -0.2) is 9.97 Å². The predicted octanol–water partition coefficient (Wildman–Crippen LogP) is -17.6. The van der Waals surface area contributed by atoms with Gasteiger partial charge in [0.05, 0.1) is 57.3 Å². The Morgan fingerprint density at radius 1 is 0.519 bits per heavy atom. The Balaban J connectivity index is -0.000000480. The van der Waals surface area contributed by atoms with E-state index in [0.717, 1.165) is 127 Å². The molecule has 6 fully saturated rings. The van der Waals surface area contributed by atoms with E-state index in [4.69, 9.17) is 9.97 Å². The Hall–Kier alpha value is -0.340. The summed E-state index contributed by atoms with van der Waals surface area (Å²) >= 11 is 0. The minimum absolute atomic E-state index is 0. The number of hydrogen-bond acceptors (Lipinski definition) is 8. The molecular weight excluding hydrogens is 843 g/mol. The number of nitro groups is 1. The Kier molecular flexibility index (Phi) is 32.3. The van der Waals surface area contributed by atoms with Crippen molar-refractivity contribution in [2.24, 2.45) is 0 Å². The van der Waals surface area contributed by atoms with Gasteiger partial charge in [-0.05, 0) is 6.92 Å². The molecule has 0 aliphatic carbocycles. The predicted molar refractivity (Wildman–Crippen MR) is 196 cm³/mol. The van der Waals surface area contributed by atoms with Crippen molar-refractivity contribution in [1.82, 2.24) is 31.2 Å². The summed E-state index contributed by atoms with van der Waals surface area (Å²) < 4.78 is 4.25. The molecule has 0 amide bonds. The fourth-order valence-electron chi connectivity index (χ4n) is 9.55. The largest absolute Gasteiger partial charge is 1.00 e. The van der Waals surface area contributed by atoms with Gasteiger partial charge < -0.3 is 122 Å². The lowest BCUT2D eigenvalue weighted by molar-refractivity contribution is -1.05. The van der Waals surface area contributed by atoms with Crippen LogP contribution in [0, 0.1) is 17.0 Å². The molecule has 2 unspecified atom stereocenters. The van der Waals surface area contributed by atoms with Crippen molar-refractivity contribution < 1.29 is 105 Å². The monoisotopic (exact) mass is 907 g/mol. The average Bonchev–Trinajstić information content (AvgIpc) is 3.01. The van der Waals surface area contributed by atoms with Crippen LogP contribution in [0.1, 0.15) is 29.3 Å². The Morgan fingerprint density at radius 3 is 1.11 bits per heavy atom. The van der Waals surface area contributed by atoms with Crippen LogP contribution in [0.3, 0.4) is 0 Å². The lowest BCUT2D eigenvalue weighted by atomic mass is 9.95. The highest BCUT2D eigenvalue weighted by molar-refractivity contribution is 5.85. The number of halogens is 6. The van der Waals surface area contributed by atoms with Crippen molar-refractivity contribution in [3.63, 3.8) is 0 Å². The average molecular weight is 911 g/mol. The highest BCUT2D eigenvalue weighted by Gasteiger charge is 2.54. The summed E-state index contributed by atoms with van der Waals surface area (Å²) in [6.45, 7) is 25.5. The lowest BCUT2D eigenvalue weighted by Crippen LogP contribution is -3.00. The van der Waals surface area contributed by atoms with Gasteiger partial charge in [-0.1, -0.05) is 0 Å². The molecule has 0 saturated carbocycles. The maximum atomic E-state index is 13.1. The highest BCUT2D eigenvalue weighted by atomic mass is 35.5. The van der Waals surface area contributed by atoms with Gasteiger partial charge in [0.2, 0.25) is 0 Å². The van der Waals surface area contributed by atoms with Crippen LogP contribution in [0.25, 0.3) is 0 Å². The molecule has 6 aliphatic rings. The second-order valence-corrected chi connectivity index (χ2v) is 14.3. The molecule has 2 atom stereocenters. The molecule has 7 heterocycles. The minimum Gasteiger partial charge on any atom is -1.00 e. The lowest BCUT2D eigenvalue weighted by Gasteiger charge is -2.55. The van der Waals surface area contributed by atoms with Gasteiger partial charge in [0.25, 0.3) is 0 Å². The molecule has 6 saturated heterocycles. The third kappa shape index (κ3) is 12.3. The number of hydrogen-bond donors (Lipinski definition) is 4. The summed E-state index contributed by atoms with van der Waals surface area (Å²) in [5, 5.41) is 27.4. The Morgan fingerprint density at radius 2 is 0.815 bits per heavy atom. The molecule has 0 radical (unpaired) electrons. The molecule has 16 N–H and O–H groups in total. The van der Waals surface area contributed by atoms with Gasteiger partial charge in [0, 0.05) is 39.3 Å². The van der Waals surface area contributed by atoms with E-state index in [0.29, 0.717) is 17.2 Å². The molecule has 19 nitrogen and oxygen atoms in total. The Bertz CT molecular complexity index is 1110. The summed E-state index contributed by atoms with van der Waals surface area (Å²) in [5.74, 6) is 0.684. The summed E-state index contributed by atoms with van der Waals surface area (Å²) in [6, 6.07) is -0.0206. The molecule has 4 spiro atoms. The van der Waals surface area contributed by atoms with Crippen LogP contribution in [0.4, 0.5) is 5.69 Å². The molecular formula is C29H67Cl6N11O8. The SMILES string of the molecule is Cc1nc(C2CNCC[N+]23CC[N+]2(CCNCC2)CC3)c([N+](=O)[O-])c(C2CNCC[N+]23CC[N+]2(CCNCC2)CC3)n1.Cl.Cl.O.O.O.O.O.O.[Cl-].[Cl-].[Cl-].[Cl-]. The second-order valence-electron chi connectivity index (χ2n) is 14.3. The van der Waals surface area contributed by atoms with Crippen molar-refractivity contribution in [3.8, 4) is 0 Å². The van der Waals surface area contributed by atoms with Crippen LogP contribution in [-0.2, 0) is 0 Å².